The molecule has 0 amide bonds. The Bertz CT molecular complexity index is 386. The van der Waals surface area contributed by atoms with E-state index in [4.69, 9.17) is 5.73 Å². The van der Waals surface area contributed by atoms with Gasteiger partial charge in [-0.25, -0.2) is 0 Å². The van der Waals surface area contributed by atoms with E-state index in [0.29, 0.717) is 0 Å². The van der Waals surface area contributed by atoms with E-state index in [2.05, 4.69) is 46.0 Å². The molecule has 0 atom stereocenters. The van der Waals surface area contributed by atoms with Crippen LogP contribution in [0, 0.1) is 0 Å². The minimum Gasteiger partial charge on any atom is -0.369 e. The molecule has 0 saturated heterocycles. The van der Waals surface area contributed by atoms with E-state index >= 15 is 0 Å². The highest BCUT2D eigenvalue weighted by Crippen LogP contribution is 2.32. The molecule has 3 heteroatoms. The number of hydrogen-bond donors (Lipinski definition) is 1. The fourth-order valence-electron chi connectivity index (χ4n) is 3.01. The van der Waals surface area contributed by atoms with Gasteiger partial charge in [0, 0.05) is 22.7 Å². The Kier molecular flexibility index (Phi) is 5.07. The van der Waals surface area contributed by atoms with Crippen LogP contribution >= 0.6 is 15.9 Å². The molecule has 100 valence electrons. The van der Waals surface area contributed by atoms with Gasteiger partial charge < -0.3 is 10.6 Å². The quantitative estimate of drug-likeness (QED) is 0.898. The highest BCUT2D eigenvalue weighted by Gasteiger charge is 2.23. The zero-order valence-electron chi connectivity index (χ0n) is 11.2. The number of hydrogen-bond acceptors (Lipinski definition) is 2. The lowest BCUT2D eigenvalue weighted by molar-refractivity contribution is 0.617. The summed E-state index contributed by atoms with van der Waals surface area (Å²) in [6, 6.07) is 7.31. The summed E-state index contributed by atoms with van der Waals surface area (Å²) in [6.07, 6.45) is 6.39. The third kappa shape index (κ3) is 3.07. The van der Waals surface area contributed by atoms with Crippen LogP contribution in [0.15, 0.2) is 22.7 Å². The first-order valence-electron chi connectivity index (χ1n) is 7.01. The highest BCUT2D eigenvalue weighted by atomic mass is 79.9. The lowest BCUT2D eigenvalue weighted by Crippen LogP contribution is -2.33. The number of nitrogens with two attached hydrogens (primary N) is 1. The van der Waals surface area contributed by atoms with Crippen molar-refractivity contribution in [3.63, 3.8) is 0 Å². The molecule has 0 heterocycles. The van der Waals surface area contributed by atoms with Crippen molar-refractivity contribution in [3.05, 3.63) is 28.2 Å². The predicted octanol–water partition coefficient (Wildman–Crippen LogP) is 3.72. The van der Waals surface area contributed by atoms with Crippen molar-refractivity contribution in [2.45, 2.75) is 45.1 Å². The van der Waals surface area contributed by atoms with Crippen molar-refractivity contribution in [3.8, 4) is 0 Å². The molecule has 2 N–H and O–H groups in total. The van der Waals surface area contributed by atoms with E-state index in [0.717, 1.165) is 30.0 Å². The van der Waals surface area contributed by atoms with Gasteiger partial charge in [0.15, 0.2) is 0 Å². The van der Waals surface area contributed by atoms with Gasteiger partial charge >= 0.3 is 0 Å². The van der Waals surface area contributed by atoms with Gasteiger partial charge in [-0.05, 0) is 50.4 Å². The second kappa shape index (κ2) is 6.58. The van der Waals surface area contributed by atoms with Crippen LogP contribution < -0.4 is 10.6 Å². The molecule has 1 aromatic rings. The van der Waals surface area contributed by atoms with Crippen LogP contribution in [0.25, 0.3) is 0 Å². The van der Waals surface area contributed by atoms with Crippen LogP contribution in [0.1, 0.15) is 38.2 Å². The summed E-state index contributed by atoms with van der Waals surface area (Å²) >= 11 is 3.60. The van der Waals surface area contributed by atoms with Crippen molar-refractivity contribution in [1.82, 2.24) is 0 Å². The SMILES string of the molecule is CCN(c1cc(Br)ccc1CCN)C1CCCC1. The van der Waals surface area contributed by atoms with E-state index in [9.17, 15) is 0 Å². The first-order chi connectivity index (χ1) is 8.76. The Balaban J connectivity index is 2.29. The summed E-state index contributed by atoms with van der Waals surface area (Å²) in [7, 11) is 0. The Morgan fingerprint density at radius 2 is 2.06 bits per heavy atom. The summed E-state index contributed by atoms with van der Waals surface area (Å²) in [6.45, 7) is 4.06. The van der Waals surface area contributed by atoms with Crippen molar-refractivity contribution in [2.75, 3.05) is 18.0 Å². The van der Waals surface area contributed by atoms with Gasteiger partial charge in [0.2, 0.25) is 0 Å². The summed E-state index contributed by atoms with van der Waals surface area (Å²) < 4.78 is 1.16. The van der Waals surface area contributed by atoms with Crippen LogP contribution in [0.3, 0.4) is 0 Å². The highest BCUT2D eigenvalue weighted by molar-refractivity contribution is 9.10. The zero-order chi connectivity index (χ0) is 13.0. The molecule has 2 rings (SSSR count). The van der Waals surface area contributed by atoms with Gasteiger partial charge in [-0.1, -0.05) is 34.8 Å². The van der Waals surface area contributed by atoms with Gasteiger partial charge in [0.05, 0.1) is 0 Å². The third-order valence-corrected chi connectivity index (χ3v) is 4.37. The van der Waals surface area contributed by atoms with Crippen LogP contribution in [-0.2, 0) is 6.42 Å². The minimum atomic E-state index is 0.719. The van der Waals surface area contributed by atoms with E-state index < -0.39 is 0 Å². The average Bonchev–Trinajstić information content (AvgIpc) is 2.87. The molecular formula is C15H23BrN2. The molecule has 2 nitrogen and oxygen atoms in total. The van der Waals surface area contributed by atoms with Crippen molar-refractivity contribution in [2.24, 2.45) is 5.73 Å². The Morgan fingerprint density at radius 1 is 1.33 bits per heavy atom. The fourth-order valence-corrected chi connectivity index (χ4v) is 3.36. The molecule has 1 aliphatic rings. The average molecular weight is 311 g/mol. The van der Waals surface area contributed by atoms with Gasteiger partial charge in [-0.15, -0.1) is 0 Å². The Morgan fingerprint density at radius 3 is 2.67 bits per heavy atom. The molecule has 1 fully saturated rings. The van der Waals surface area contributed by atoms with Crippen LogP contribution in [-0.4, -0.2) is 19.1 Å². The minimum absolute atomic E-state index is 0.719. The summed E-state index contributed by atoms with van der Waals surface area (Å²) in [5, 5.41) is 0. The number of benzene rings is 1. The molecule has 0 spiro atoms. The van der Waals surface area contributed by atoms with Crippen molar-refractivity contribution < 1.29 is 0 Å². The number of halogens is 1. The molecule has 0 bridgehead atoms. The third-order valence-electron chi connectivity index (χ3n) is 3.88. The van der Waals surface area contributed by atoms with E-state index in [1.165, 1.54) is 36.9 Å². The van der Waals surface area contributed by atoms with Crippen LogP contribution in [0.5, 0.6) is 0 Å². The first-order valence-corrected chi connectivity index (χ1v) is 7.80. The van der Waals surface area contributed by atoms with Gasteiger partial charge in [-0.2, -0.15) is 0 Å². The maximum absolute atomic E-state index is 5.73. The smallest absolute Gasteiger partial charge is 0.0412 e. The summed E-state index contributed by atoms with van der Waals surface area (Å²) in [4.78, 5) is 2.57. The molecule has 0 unspecified atom stereocenters. The lowest BCUT2D eigenvalue weighted by atomic mass is 10.1. The second-order valence-electron chi connectivity index (χ2n) is 5.04. The van der Waals surface area contributed by atoms with Crippen molar-refractivity contribution >= 4 is 21.6 Å². The standard InChI is InChI=1S/C15H23BrN2/c1-2-18(14-5-3-4-6-14)15-11-13(16)8-7-12(15)9-10-17/h7-8,11,14H,2-6,9-10,17H2,1H3. The lowest BCUT2D eigenvalue weighted by Gasteiger charge is -2.32. The molecule has 1 aromatic carbocycles. The molecule has 0 radical (unpaired) electrons. The van der Waals surface area contributed by atoms with E-state index in [-0.39, 0.29) is 0 Å². The fraction of sp³-hybridized carbons (Fsp3) is 0.600. The Hall–Kier alpha value is -0.540. The normalized spacial score (nSPS) is 16.2. The summed E-state index contributed by atoms with van der Waals surface area (Å²) in [5.41, 5.74) is 8.49. The first kappa shape index (κ1) is 13.9. The molecule has 1 aliphatic carbocycles. The van der Waals surface area contributed by atoms with E-state index in [1.54, 1.807) is 0 Å². The molecule has 18 heavy (non-hydrogen) atoms. The second-order valence-corrected chi connectivity index (χ2v) is 5.95. The molecule has 0 aromatic heterocycles. The molecular weight excluding hydrogens is 288 g/mol. The predicted molar refractivity (Wildman–Crippen MR) is 82.2 cm³/mol. The molecule has 1 saturated carbocycles. The van der Waals surface area contributed by atoms with Crippen LogP contribution in [0.2, 0.25) is 0 Å². The summed E-state index contributed by atoms with van der Waals surface area (Å²) in [5.74, 6) is 0. The monoisotopic (exact) mass is 310 g/mol. The van der Waals surface area contributed by atoms with Crippen molar-refractivity contribution in [1.29, 1.82) is 0 Å². The Labute approximate surface area is 119 Å². The number of rotatable bonds is 5. The maximum atomic E-state index is 5.73. The number of anilines is 1. The largest absolute Gasteiger partial charge is 0.369 e. The van der Waals surface area contributed by atoms with Gasteiger partial charge in [0.1, 0.15) is 0 Å². The maximum Gasteiger partial charge on any atom is 0.0412 e. The zero-order valence-corrected chi connectivity index (χ0v) is 12.7. The number of nitrogens with zero attached hydrogens (tertiary/aromatic N) is 1. The van der Waals surface area contributed by atoms with Gasteiger partial charge in [0.25, 0.3) is 0 Å². The van der Waals surface area contributed by atoms with Crippen LogP contribution in [0.4, 0.5) is 5.69 Å². The van der Waals surface area contributed by atoms with Gasteiger partial charge in [-0.3, -0.25) is 0 Å². The topological polar surface area (TPSA) is 29.3 Å². The molecule has 0 aliphatic heterocycles. The van der Waals surface area contributed by atoms with E-state index in [1.807, 2.05) is 0 Å².